The van der Waals surface area contributed by atoms with Gasteiger partial charge in [0.05, 0.1) is 18.9 Å². The number of rotatable bonds is 5. The van der Waals surface area contributed by atoms with E-state index in [0.29, 0.717) is 35.9 Å². The van der Waals surface area contributed by atoms with E-state index < -0.39 is 6.10 Å². The van der Waals surface area contributed by atoms with Gasteiger partial charge in [0.1, 0.15) is 0 Å². The minimum atomic E-state index is -0.503. The third kappa shape index (κ3) is 2.83. The zero-order valence-electron chi connectivity index (χ0n) is 13.0. The molecule has 1 amide bonds. The monoisotopic (exact) mass is 293 g/mol. The molecule has 0 fully saturated rings. The fourth-order valence-electron chi connectivity index (χ4n) is 2.51. The number of likely N-dealkylation sites (N-methyl/N-ethyl adjacent to an activating group) is 1. The number of aliphatic hydroxyl groups excluding tert-OH is 1. The molecule has 0 saturated carbocycles. The van der Waals surface area contributed by atoms with Gasteiger partial charge in [-0.2, -0.15) is 0 Å². The quantitative estimate of drug-likeness (QED) is 0.905. The highest BCUT2D eigenvalue weighted by atomic mass is 16.5. The molecule has 1 atom stereocenters. The van der Waals surface area contributed by atoms with E-state index in [-0.39, 0.29) is 18.4 Å². The Morgan fingerprint density at radius 3 is 2.62 bits per heavy atom. The number of nitrogens with zero attached hydrogens (tertiary/aromatic N) is 1. The normalized spacial score (nSPS) is 17.7. The zero-order valence-corrected chi connectivity index (χ0v) is 13.0. The van der Waals surface area contributed by atoms with Crippen molar-refractivity contribution in [1.29, 1.82) is 0 Å². The number of carbonyl (C=O) groups is 1. The van der Waals surface area contributed by atoms with Crippen LogP contribution in [0.15, 0.2) is 12.1 Å². The third-order valence-corrected chi connectivity index (χ3v) is 3.54. The zero-order chi connectivity index (χ0) is 15.6. The molecule has 0 bridgehead atoms. The molecule has 21 heavy (non-hydrogen) atoms. The number of hydrogen-bond donors (Lipinski definition) is 1. The SMILES string of the molecule is CCOc1cc(CO)cc2c1OC(C(C)C)C(=O)N2CC. The van der Waals surface area contributed by atoms with Crippen LogP contribution in [0.1, 0.15) is 33.3 Å². The number of ether oxygens (including phenoxy) is 2. The molecule has 1 aromatic rings. The van der Waals surface area contributed by atoms with Crippen LogP contribution in [-0.2, 0) is 11.4 Å². The van der Waals surface area contributed by atoms with Crippen molar-refractivity contribution in [3.63, 3.8) is 0 Å². The Kier molecular flexibility index (Phi) is 4.73. The fourth-order valence-corrected chi connectivity index (χ4v) is 2.51. The maximum absolute atomic E-state index is 12.5. The van der Waals surface area contributed by atoms with E-state index >= 15 is 0 Å². The van der Waals surface area contributed by atoms with Crippen LogP contribution in [0.4, 0.5) is 5.69 Å². The number of anilines is 1. The van der Waals surface area contributed by atoms with Crippen molar-refractivity contribution in [1.82, 2.24) is 0 Å². The highest BCUT2D eigenvalue weighted by Crippen LogP contribution is 2.43. The first-order valence-electron chi connectivity index (χ1n) is 7.42. The average Bonchev–Trinajstić information content (AvgIpc) is 2.46. The molecule has 1 aliphatic rings. The molecule has 0 aromatic heterocycles. The van der Waals surface area contributed by atoms with Crippen LogP contribution in [-0.4, -0.2) is 30.3 Å². The maximum atomic E-state index is 12.5. The van der Waals surface area contributed by atoms with Gasteiger partial charge in [0.15, 0.2) is 17.6 Å². The van der Waals surface area contributed by atoms with E-state index in [1.54, 1.807) is 17.0 Å². The van der Waals surface area contributed by atoms with Gasteiger partial charge in [-0.1, -0.05) is 13.8 Å². The van der Waals surface area contributed by atoms with Gasteiger partial charge in [-0.3, -0.25) is 4.79 Å². The van der Waals surface area contributed by atoms with Gasteiger partial charge in [0.2, 0.25) is 0 Å². The van der Waals surface area contributed by atoms with Gasteiger partial charge in [-0.05, 0) is 37.5 Å². The summed E-state index contributed by atoms with van der Waals surface area (Å²) < 4.78 is 11.6. The predicted molar refractivity (Wildman–Crippen MR) is 80.8 cm³/mol. The fraction of sp³-hybridized carbons (Fsp3) is 0.562. The van der Waals surface area contributed by atoms with Gasteiger partial charge in [0.25, 0.3) is 5.91 Å². The third-order valence-electron chi connectivity index (χ3n) is 3.54. The second-order valence-corrected chi connectivity index (χ2v) is 5.40. The van der Waals surface area contributed by atoms with Crippen molar-refractivity contribution >= 4 is 11.6 Å². The summed E-state index contributed by atoms with van der Waals surface area (Å²) in [5.41, 5.74) is 1.38. The minimum Gasteiger partial charge on any atom is -0.490 e. The Hall–Kier alpha value is -1.75. The summed E-state index contributed by atoms with van der Waals surface area (Å²) in [6.45, 7) is 8.69. The standard InChI is InChI=1S/C16H23NO4/c1-5-17-12-7-11(9-18)8-13(20-6-2)15(12)21-14(10(3)4)16(17)19/h7-8,10,14,18H,5-6,9H2,1-4H3. The van der Waals surface area contributed by atoms with E-state index in [2.05, 4.69) is 0 Å². The van der Waals surface area contributed by atoms with Gasteiger partial charge < -0.3 is 19.5 Å². The molecule has 1 N–H and O–H groups in total. The lowest BCUT2D eigenvalue weighted by Crippen LogP contribution is -2.48. The molecular formula is C16H23NO4. The first-order valence-corrected chi connectivity index (χ1v) is 7.42. The molecule has 5 heteroatoms. The van der Waals surface area contributed by atoms with E-state index in [0.717, 1.165) is 0 Å². The molecule has 1 heterocycles. The maximum Gasteiger partial charge on any atom is 0.268 e. The molecule has 0 saturated heterocycles. The number of amides is 1. The highest BCUT2D eigenvalue weighted by Gasteiger charge is 2.37. The number of carbonyl (C=O) groups excluding carboxylic acids is 1. The van der Waals surface area contributed by atoms with Crippen LogP contribution in [0.2, 0.25) is 0 Å². The first kappa shape index (κ1) is 15.6. The molecule has 116 valence electrons. The van der Waals surface area contributed by atoms with E-state index in [9.17, 15) is 9.90 Å². The summed E-state index contributed by atoms with van der Waals surface area (Å²) in [5, 5.41) is 9.40. The van der Waals surface area contributed by atoms with Crippen molar-refractivity contribution in [3.8, 4) is 11.5 Å². The number of aliphatic hydroxyl groups is 1. The number of fused-ring (bicyclic) bond motifs is 1. The molecule has 5 nitrogen and oxygen atoms in total. The summed E-state index contributed by atoms with van der Waals surface area (Å²) in [4.78, 5) is 14.2. The smallest absolute Gasteiger partial charge is 0.268 e. The van der Waals surface area contributed by atoms with Gasteiger partial charge in [-0.15, -0.1) is 0 Å². The molecule has 1 aliphatic heterocycles. The lowest BCUT2D eigenvalue weighted by Gasteiger charge is -2.36. The Balaban J connectivity index is 2.56. The van der Waals surface area contributed by atoms with E-state index in [1.165, 1.54) is 0 Å². The van der Waals surface area contributed by atoms with Crippen molar-refractivity contribution < 1.29 is 19.4 Å². The van der Waals surface area contributed by atoms with Crippen LogP contribution >= 0.6 is 0 Å². The van der Waals surface area contributed by atoms with Crippen molar-refractivity contribution in [2.75, 3.05) is 18.1 Å². The Morgan fingerprint density at radius 1 is 1.38 bits per heavy atom. The Bertz CT molecular complexity index is 527. The molecular weight excluding hydrogens is 270 g/mol. The molecule has 2 rings (SSSR count). The van der Waals surface area contributed by atoms with E-state index in [1.807, 2.05) is 27.7 Å². The Morgan fingerprint density at radius 2 is 2.10 bits per heavy atom. The van der Waals surface area contributed by atoms with Crippen molar-refractivity contribution in [3.05, 3.63) is 17.7 Å². The molecule has 1 unspecified atom stereocenters. The van der Waals surface area contributed by atoms with Gasteiger partial charge in [-0.25, -0.2) is 0 Å². The molecule has 0 aliphatic carbocycles. The topological polar surface area (TPSA) is 59.0 Å². The second-order valence-electron chi connectivity index (χ2n) is 5.40. The summed E-state index contributed by atoms with van der Waals surface area (Å²) in [5.74, 6) is 1.20. The average molecular weight is 293 g/mol. The highest BCUT2D eigenvalue weighted by molar-refractivity contribution is 6.00. The summed E-state index contributed by atoms with van der Waals surface area (Å²) >= 11 is 0. The van der Waals surface area contributed by atoms with Gasteiger partial charge >= 0.3 is 0 Å². The van der Waals surface area contributed by atoms with Crippen LogP contribution in [0.25, 0.3) is 0 Å². The lowest BCUT2D eigenvalue weighted by molar-refractivity contribution is -0.128. The van der Waals surface area contributed by atoms with Crippen LogP contribution in [0, 0.1) is 5.92 Å². The van der Waals surface area contributed by atoms with Crippen LogP contribution in [0.5, 0.6) is 11.5 Å². The second kappa shape index (κ2) is 6.35. The molecule has 0 radical (unpaired) electrons. The predicted octanol–water partition coefficient (Wildman–Crippen LogP) is 2.35. The minimum absolute atomic E-state index is 0.0439. The first-order chi connectivity index (χ1) is 10.0. The molecule has 0 spiro atoms. The number of benzene rings is 1. The van der Waals surface area contributed by atoms with Crippen LogP contribution < -0.4 is 14.4 Å². The largest absolute Gasteiger partial charge is 0.490 e. The summed E-state index contributed by atoms with van der Waals surface area (Å²) in [6.07, 6.45) is -0.503. The summed E-state index contributed by atoms with van der Waals surface area (Å²) in [7, 11) is 0. The lowest BCUT2D eigenvalue weighted by atomic mass is 10.0. The van der Waals surface area contributed by atoms with Crippen molar-refractivity contribution in [2.24, 2.45) is 5.92 Å². The molecule has 1 aromatic carbocycles. The summed E-state index contributed by atoms with van der Waals surface area (Å²) in [6, 6.07) is 3.55. The number of hydrogen-bond acceptors (Lipinski definition) is 4. The van der Waals surface area contributed by atoms with Crippen LogP contribution in [0.3, 0.4) is 0 Å². The van der Waals surface area contributed by atoms with E-state index in [4.69, 9.17) is 9.47 Å². The van der Waals surface area contributed by atoms with Gasteiger partial charge in [0, 0.05) is 6.54 Å². The Labute approximate surface area is 125 Å². The van der Waals surface area contributed by atoms with Crippen molar-refractivity contribution in [2.45, 2.75) is 40.4 Å².